The summed E-state index contributed by atoms with van der Waals surface area (Å²) in [6.45, 7) is 4.93. The number of esters is 1. The van der Waals surface area contributed by atoms with Crippen LogP contribution in [0.1, 0.15) is 380 Å². The SMILES string of the molecule is CCCCCCCCCCCCCCCCCCCCCCCCC/C=C/C(O)C(CO)NC(=O)CCCCCCCCC/C=C\CCCCCCCCCCOC(=O)CCCCCCCCCCCCCCCC. The van der Waals surface area contributed by atoms with Gasteiger partial charge in [0, 0.05) is 12.8 Å². The molecule has 0 radical (unpaired) electrons. The Morgan fingerprint density at radius 3 is 0.947 bits per heavy atom. The molecule has 0 aromatic heterocycles. The van der Waals surface area contributed by atoms with Crippen LogP contribution in [-0.2, 0) is 14.3 Å². The molecule has 0 aliphatic rings. The molecule has 0 rings (SSSR count). The van der Waals surface area contributed by atoms with E-state index < -0.39 is 12.1 Å². The highest BCUT2D eigenvalue weighted by Crippen LogP contribution is 2.18. The number of allylic oxidation sites excluding steroid dienone is 3. The molecule has 1 amide bonds. The smallest absolute Gasteiger partial charge is 0.305 e. The monoisotopic (exact) mass is 1060 g/mol. The van der Waals surface area contributed by atoms with Crippen molar-refractivity contribution < 1.29 is 24.5 Å². The molecule has 0 aliphatic heterocycles. The van der Waals surface area contributed by atoms with E-state index in [1.54, 1.807) is 6.08 Å². The van der Waals surface area contributed by atoms with Gasteiger partial charge in [0.05, 0.1) is 25.4 Å². The summed E-state index contributed by atoms with van der Waals surface area (Å²) in [4.78, 5) is 24.6. The van der Waals surface area contributed by atoms with Gasteiger partial charge < -0.3 is 20.3 Å². The van der Waals surface area contributed by atoms with E-state index in [1.165, 1.54) is 302 Å². The molecule has 2 atom stereocenters. The third-order valence-corrected chi connectivity index (χ3v) is 16.0. The largest absolute Gasteiger partial charge is 0.466 e. The maximum absolute atomic E-state index is 12.5. The number of carbonyl (C=O) groups excluding carboxylic acids is 2. The highest BCUT2D eigenvalue weighted by atomic mass is 16.5. The molecule has 0 saturated heterocycles. The van der Waals surface area contributed by atoms with Crippen molar-refractivity contribution in [3.05, 3.63) is 24.3 Å². The maximum atomic E-state index is 12.5. The Bertz CT molecular complexity index is 1170. The summed E-state index contributed by atoms with van der Waals surface area (Å²) < 4.78 is 5.48. The number of aliphatic hydroxyl groups is 2. The Morgan fingerprint density at radius 1 is 0.360 bits per heavy atom. The van der Waals surface area contributed by atoms with E-state index in [9.17, 15) is 19.8 Å². The second kappa shape index (κ2) is 64.9. The number of hydrogen-bond acceptors (Lipinski definition) is 5. The van der Waals surface area contributed by atoms with Crippen LogP contribution < -0.4 is 5.32 Å². The molecule has 0 heterocycles. The minimum atomic E-state index is -0.852. The van der Waals surface area contributed by atoms with Gasteiger partial charge in [0.25, 0.3) is 0 Å². The molecule has 0 fully saturated rings. The minimum Gasteiger partial charge on any atom is -0.466 e. The van der Waals surface area contributed by atoms with Crippen molar-refractivity contribution in [2.24, 2.45) is 0 Å². The topological polar surface area (TPSA) is 95.9 Å². The third-order valence-electron chi connectivity index (χ3n) is 16.0. The van der Waals surface area contributed by atoms with Gasteiger partial charge in [-0.1, -0.05) is 334 Å². The van der Waals surface area contributed by atoms with Crippen molar-refractivity contribution in [3.8, 4) is 0 Å². The Morgan fingerprint density at radius 2 is 0.627 bits per heavy atom. The summed E-state index contributed by atoms with van der Waals surface area (Å²) in [5.41, 5.74) is 0. The lowest BCUT2D eigenvalue weighted by molar-refractivity contribution is -0.143. The quantitative estimate of drug-likeness (QED) is 0.0320. The van der Waals surface area contributed by atoms with E-state index in [-0.39, 0.29) is 18.5 Å². The average Bonchev–Trinajstić information content (AvgIpc) is 3.41. The fourth-order valence-electron chi connectivity index (χ4n) is 10.7. The molecule has 0 aromatic rings. The molecular formula is C69H133NO5. The van der Waals surface area contributed by atoms with Crippen molar-refractivity contribution >= 4 is 11.9 Å². The van der Waals surface area contributed by atoms with Gasteiger partial charge in [-0.25, -0.2) is 0 Å². The second-order valence-corrected chi connectivity index (χ2v) is 23.5. The zero-order chi connectivity index (χ0) is 54.3. The lowest BCUT2D eigenvalue weighted by Crippen LogP contribution is -2.45. The van der Waals surface area contributed by atoms with Crippen LogP contribution in [0.25, 0.3) is 0 Å². The standard InChI is InChI=1S/C69H133NO5/c1-3-5-7-9-11-13-15-17-19-20-21-22-23-24-25-26-28-31-34-37-41-45-49-53-57-61-67(72)66(65-71)70-68(73)62-58-54-50-46-42-38-35-32-29-27-30-33-36-40-44-48-52-56-60-64-75-69(74)63-59-55-51-47-43-39-18-16-14-12-10-8-6-4-2/h27,29,57,61,66-67,71-72H,3-26,28,30-56,58-60,62-65H2,1-2H3,(H,70,73)/b29-27-,61-57+. The van der Waals surface area contributed by atoms with Crippen molar-refractivity contribution in [2.75, 3.05) is 13.2 Å². The molecule has 0 spiro atoms. The summed E-state index contributed by atoms with van der Waals surface area (Å²) in [7, 11) is 0. The number of carbonyl (C=O) groups is 2. The van der Waals surface area contributed by atoms with Crippen LogP contribution in [0, 0.1) is 0 Å². The number of unbranched alkanes of at least 4 members (excludes halogenated alkanes) is 51. The van der Waals surface area contributed by atoms with Crippen LogP contribution >= 0.6 is 0 Å². The number of amides is 1. The summed E-state index contributed by atoms with van der Waals surface area (Å²) in [6, 6.07) is -0.636. The first kappa shape index (κ1) is 73.3. The summed E-state index contributed by atoms with van der Waals surface area (Å²) in [5.74, 6) is -0.0670. The summed E-state index contributed by atoms with van der Waals surface area (Å²) in [6.07, 6.45) is 81.0. The first-order valence-electron chi connectivity index (χ1n) is 34.1. The van der Waals surface area contributed by atoms with Crippen LogP contribution in [-0.4, -0.2) is 47.4 Å². The first-order valence-corrected chi connectivity index (χ1v) is 34.1. The van der Waals surface area contributed by atoms with E-state index >= 15 is 0 Å². The number of aliphatic hydroxyl groups excluding tert-OH is 2. The Hall–Kier alpha value is -1.66. The van der Waals surface area contributed by atoms with Gasteiger partial charge in [-0.15, -0.1) is 0 Å². The van der Waals surface area contributed by atoms with Gasteiger partial charge in [-0.2, -0.15) is 0 Å². The van der Waals surface area contributed by atoms with E-state index in [0.29, 0.717) is 19.4 Å². The first-order chi connectivity index (χ1) is 37.0. The molecule has 444 valence electrons. The van der Waals surface area contributed by atoms with E-state index in [4.69, 9.17) is 4.74 Å². The van der Waals surface area contributed by atoms with Gasteiger partial charge >= 0.3 is 5.97 Å². The number of rotatable bonds is 64. The second-order valence-electron chi connectivity index (χ2n) is 23.5. The van der Waals surface area contributed by atoms with E-state index in [1.807, 2.05) is 6.08 Å². The van der Waals surface area contributed by atoms with E-state index in [0.717, 1.165) is 51.4 Å². The predicted molar refractivity (Wildman–Crippen MR) is 329 cm³/mol. The fraction of sp³-hybridized carbons (Fsp3) is 0.913. The van der Waals surface area contributed by atoms with Gasteiger partial charge in [0.15, 0.2) is 0 Å². The zero-order valence-electron chi connectivity index (χ0n) is 50.8. The normalized spacial score (nSPS) is 12.6. The Labute approximate surface area is 469 Å². The molecule has 3 N–H and O–H groups in total. The Balaban J connectivity index is 3.46. The minimum absolute atomic E-state index is 0.00632. The predicted octanol–water partition coefficient (Wildman–Crippen LogP) is 21.8. The molecule has 0 aliphatic carbocycles. The van der Waals surface area contributed by atoms with Crippen LogP contribution in [0.2, 0.25) is 0 Å². The molecular weight excluding hydrogens is 923 g/mol. The van der Waals surface area contributed by atoms with Gasteiger partial charge in [0.2, 0.25) is 5.91 Å². The lowest BCUT2D eigenvalue weighted by Gasteiger charge is -2.20. The molecule has 6 heteroatoms. The highest BCUT2D eigenvalue weighted by Gasteiger charge is 2.18. The van der Waals surface area contributed by atoms with Crippen molar-refractivity contribution in [3.63, 3.8) is 0 Å². The molecule has 75 heavy (non-hydrogen) atoms. The highest BCUT2D eigenvalue weighted by molar-refractivity contribution is 5.76. The lowest BCUT2D eigenvalue weighted by atomic mass is 10.0. The van der Waals surface area contributed by atoms with Crippen molar-refractivity contribution in [2.45, 2.75) is 392 Å². The maximum Gasteiger partial charge on any atom is 0.305 e. The zero-order valence-corrected chi connectivity index (χ0v) is 50.8. The van der Waals surface area contributed by atoms with Crippen LogP contribution in [0.5, 0.6) is 0 Å². The van der Waals surface area contributed by atoms with Crippen LogP contribution in [0.3, 0.4) is 0 Å². The Kier molecular flexibility index (Phi) is 63.4. The van der Waals surface area contributed by atoms with Gasteiger partial charge in [-0.3, -0.25) is 9.59 Å². The fourth-order valence-corrected chi connectivity index (χ4v) is 10.7. The van der Waals surface area contributed by atoms with Crippen molar-refractivity contribution in [1.29, 1.82) is 0 Å². The molecule has 0 saturated carbocycles. The van der Waals surface area contributed by atoms with Crippen LogP contribution in [0.4, 0.5) is 0 Å². The summed E-state index contributed by atoms with van der Waals surface area (Å²) >= 11 is 0. The average molecular weight is 1060 g/mol. The van der Waals surface area contributed by atoms with E-state index in [2.05, 4.69) is 31.3 Å². The summed E-state index contributed by atoms with van der Waals surface area (Å²) in [5, 5.41) is 23.3. The van der Waals surface area contributed by atoms with Gasteiger partial charge in [0.1, 0.15) is 0 Å². The van der Waals surface area contributed by atoms with Crippen molar-refractivity contribution in [1.82, 2.24) is 5.32 Å². The van der Waals surface area contributed by atoms with Crippen LogP contribution in [0.15, 0.2) is 24.3 Å². The van der Waals surface area contributed by atoms with Gasteiger partial charge in [-0.05, 0) is 57.8 Å². The number of nitrogens with one attached hydrogen (secondary N) is 1. The molecule has 6 nitrogen and oxygen atoms in total. The number of hydrogen-bond donors (Lipinski definition) is 3. The molecule has 0 bridgehead atoms. The molecule has 2 unspecified atom stereocenters. The third kappa shape index (κ3) is 61.4. The number of ether oxygens (including phenoxy) is 1. The molecule has 0 aromatic carbocycles.